The van der Waals surface area contributed by atoms with E-state index in [1.54, 1.807) is 25.1 Å². The van der Waals surface area contributed by atoms with Crippen LogP contribution in [0.15, 0.2) is 64.8 Å². The maximum Gasteiger partial charge on any atom is 0.315 e. The molecule has 0 bridgehead atoms. The SMILES string of the molecule is CC1=NC2=C(C(=O)CC(C)(C)C2)[C@H](c2ccc(Cl)cc2Cl)C1C(=O)OCCOc1ccccc1. The second-order valence-electron chi connectivity index (χ2n) is 9.50. The molecule has 0 saturated carbocycles. The van der Waals surface area contributed by atoms with Crippen LogP contribution in [0.2, 0.25) is 10.0 Å². The van der Waals surface area contributed by atoms with Gasteiger partial charge in [0, 0.05) is 39.4 Å². The first-order chi connectivity index (χ1) is 16.2. The number of benzene rings is 2. The van der Waals surface area contributed by atoms with Crippen LogP contribution in [0.4, 0.5) is 0 Å². The molecule has 5 nitrogen and oxygen atoms in total. The van der Waals surface area contributed by atoms with Crippen LogP contribution in [0.25, 0.3) is 0 Å². The maximum absolute atomic E-state index is 13.3. The Balaban J connectivity index is 1.62. The Labute approximate surface area is 209 Å². The van der Waals surface area contributed by atoms with Crippen LogP contribution in [0.3, 0.4) is 0 Å². The lowest BCUT2D eigenvalue weighted by Crippen LogP contribution is -2.40. The number of halogens is 2. The zero-order valence-corrected chi connectivity index (χ0v) is 20.9. The van der Waals surface area contributed by atoms with Gasteiger partial charge in [-0.1, -0.05) is 61.3 Å². The third kappa shape index (κ3) is 5.21. The highest BCUT2D eigenvalue weighted by Gasteiger charge is 2.46. The Hall–Kier alpha value is -2.63. The predicted molar refractivity (Wildman–Crippen MR) is 134 cm³/mol. The molecule has 0 spiro atoms. The highest BCUT2D eigenvalue weighted by molar-refractivity contribution is 6.35. The summed E-state index contributed by atoms with van der Waals surface area (Å²) in [6, 6.07) is 14.4. The molecule has 0 N–H and O–H groups in total. The van der Waals surface area contributed by atoms with Gasteiger partial charge in [0.05, 0.1) is 0 Å². The Morgan fingerprint density at radius 1 is 1.09 bits per heavy atom. The Morgan fingerprint density at radius 2 is 1.82 bits per heavy atom. The van der Waals surface area contributed by atoms with Crippen molar-refractivity contribution in [3.05, 3.63) is 75.4 Å². The molecule has 7 heteroatoms. The van der Waals surface area contributed by atoms with Crippen LogP contribution in [-0.2, 0) is 14.3 Å². The summed E-state index contributed by atoms with van der Waals surface area (Å²) in [5.74, 6) is -1.12. The summed E-state index contributed by atoms with van der Waals surface area (Å²) < 4.78 is 11.2. The van der Waals surface area contributed by atoms with Crippen LogP contribution in [0.1, 0.15) is 45.1 Å². The molecule has 0 aromatic heterocycles. The van der Waals surface area contributed by atoms with E-state index < -0.39 is 17.8 Å². The fraction of sp³-hybridized carbons (Fsp3) is 0.370. The summed E-state index contributed by atoms with van der Waals surface area (Å²) in [4.78, 5) is 31.4. The zero-order chi connectivity index (χ0) is 24.5. The summed E-state index contributed by atoms with van der Waals surface area (Å²) in [6.45, 7) is 6.20. The number of para-hydroxylation sites is 1. The van der Waals surface area contributed by atoms with Crippen LogP contribution in [0, 0.1) is 11.3 Å². The van der Waals surface area contributed by atoms with E-state index in [2.05, 4.69) is 13.8 Å². The number of rotatable bonds is 6. The van der Waals surface area contributed by atoms with E-state index in [-0.39, 0.29) is 24.4 Å². The zero-order valence-electron chi connectivity index (χ0n) is 19.4. The van der Waals surface area contributed by atoms with Gasteiger partial charge in [-0.15, -0.1) is 0 Å². The van der Waals surface area contributed by atoms with E-state index in [1.165, 1.54) is 0 Å². The molecule has 2 aromatic rings. The molecular weight excluding hydrogens is 473 g/mol. The number of esters is 1. The second-order valence-corrected chi connectivity index (χ2v) is 10.3. The minimum Gasteiger partial charge on any atom is -0.490 e. The van der Waals surface area contributed by atoms with Gasteiger partial charge >= 0.3 is 5.97 Å². The monoisotopic (exact) mass is 499 g/mol. The number of ketones is 1. The predicted octanol–water partition coefficient (Wildman–Crippen LogP) is 6.43. The van der Waals surface area contributed by atoms with Crippen molar-refractivity contribution in [3.63, 3.8) is 0 Å². The Morgan fingerprint density at radius 3 is 2.53 bits per heavy atom. The van der Waals surface area contributed by atoms with Crippen molar-refractivity contribution in [1.29, 1.82) is 0 Å². The topological polar surface area (TPSA) is 65.0 Å². The van der Waals surface area contributed by atoms with Crippen molar-refractivity contribution >= 4 is 40.7 Å². The number of nitrogens with zero attached hydrogens (tertiary/aromatic N) is 1. The normalized spacial score (nSPS) is 21.6. The van der Waals surface area contributed by atoms with E-state index in [0.29, 0.717) is 45.5 Å². The fourth-order valence-corrected chi connectivity index (χ4v) is 5.27. The minimum absolute atomic E-state index is 0.0104. The molecule has 1 aliphatic carbocycles. The molecule has 1 heterocycles. The van der Waals surface area contributed by atoms with Gasteiger partial charge in [-0.3, -0.25) is 14.6 Å². The lowest BCUT2D eigenvalue weighted by atomic mass is 9.67. The summed E-state index contributed by atoms with van der Waals surface area (Å²) in [5, 5.41) is 0.888. The number of ether oxygens (including phenoxy) is 2. The van der Waals surface area contributed by atoms with Gasteiger partial charge in [0.15, 0.2) is 5.78 Å². The van der Waals surface area contributed by atoms with Crippen LogP contribution in [0.5, 0.6) is 5.75 Å². The third-order valence-corrected chi connectivity index (χ3v) is 6.76. The molecule has 0 radical (unpaired) electrons. The molecule has 2 aliphatic rings. The summed E-state index contributed by atoms with van der Waals surface area (Å²) in [7, 11) is 0. The van der Waals surface area contributed by atoms with Crippen molar-refractivity contribution in [2.45, 2.75) is 39.5 Å². The first kappa shape index (κ1) is 24.5. The van der Waals surface area contributed by atoms with Crippen molar-refractivity contribution < 1.29 is 19.1 Å². The van der Waals surface area contributed by atoms with Crippen molar-refractivity contribution in [2.24, 2.45) is 16.3 Å². The number of hydrogen-bond donors (Lipinski definition) is 0. The largest absolute Gasteiger partial charge is 0.490 e. The quantitative estimate of drug-likeness (QED) is 0.339. The molecule has 0 amide bonds. The molecule has 4 rings (SSSR count). The number of Topliss-reactive ketones (excluding diaryl/α,β-unsaturated/α-hetero) is 1. The van der Waals surface area contributed by atoms with Gasteiger partial charge in [0.2, 0.25) is 0 Å². The number of allylic oxidation sites excluding steroid dienone is 2. The van der Waals surface area contributed by atoms with Crippen LogP contribution >= 0.6 is 23.2 Å². The van der Waals surface area contributed by atoms with Gasteiger partial charge in [-0.25, -0.2) is 0 Å². The molecule has 1 aliphatic heterocycles. The average Bonchev–Trinajstić information content (AvgIpc) is 2.75. The van der Waals surface area contributed by atoms with Gasteiger partial charge in [0.1, 0.15) is 24.9 Å². The van der Waals surface area contributed by atoms with Crippen molar-refractivity contribution in [2.75, 3.05) is 13.2 Å². The van der Waals surface area contributed by atoms with E-state index in [9.17, 15) is 9.59 Å². The molecule has 1 unspecified atom stereocenters. The first-order valence-corrected chi connectivity index (χ1v) is 12.0. The average molecular weight is 500 g/mol. The maximum atomic E-state index is 13.3. The molecule has 2 aromatic carbocycles. The molecule has 34 heavy (non-hydrogen) atoms. The van der Waals surface area contributed by atoms with Crippen molar-refractivity contribution in [1.82, 2.24) is 0 Å². The van der Waals surface area contributed by atoms with E-state index in [0.717, 1.165) is 5.70 Å². The Kier molecular flexibility index (Phi) is 7.15. The molecule has 178 valence electrons. The highest BCUT2D eigenvalue weighted by Crippen LogP contribution is 2.49. The van der Waals surface area contributed by atoms with Gasteiger partial charge in [-0.2, -0.15) is 0 Å². The summed E-state index contributed by atoms with van der Waals surface area (Å²) >= 11 is 12.7. The minimum atomic E-state index is -0.765. The van der Waals surface area contributed by atoms with Gasteiger partial charge in [0.25, 0.3) is 0 Å². The van der Waals surface area contributed by atoms with E-state index in [4.69, 9.17) is 37.7 Å². The summed E-state index contributed by atoms with van der Waals surface area (Å²) in [6.07, 6.45) is 1.04. The van der Waals surface area contributed by atoms with Gasteiger partial charge in [-0.05, 0) is 48.6 Å². The number of aliphatic imine (C=N–C) groups is 1. The first-order valence-electron chi connectivity index (χ1n) is 11.3. The highest BCUT2D eigenvalue weighted by atomic mass is 35.5. The van der Waals surface area contributed by atoms with Gasteiger partial charge < -0.3 is 9.47 Å². The van der Waals surface area contributed by atoms with E-state index >= 15 is 0 Å². The molecular formula is C27H27Cl2NO4. The second kappa shape index (κ2) is 9.93. The number of carbonyl (C=O) groups excluding carboxylic acids is 2. The number of carbonyl (C=O) groups is 2. The van der Waals surface area contributed by atoms with Crippen LogP contribution in [-0.4, -0.2) is 30.7 Å². The standard InChI is InChI=1S/C27H27Cl2NO4/c1-16-23(26(32)34-12-11-33-18-7-5-4-6-8-18)24(19-10-9-17(28)13-20(19)29)25-21(30-16)14-27(2,3)15-22(25)31/h4-10,13,23-24H,11-12,14-15H2,1-3H3/t23?,24-/m1/s1. The number of hydrogen-bond acceptors (Lipinski definition) is 5. The lowest BCUT2D eigenvalue weighted by molar-refractivity contribution is -0.147. The van der Waals surface area contributed by atoms with E-state index in [1.807, 2.05) is 30.3 Å². The van der Waals surface area contributed by atoms with Crippen LogP contribution < -0.4 is 4.74 Å². The van der Waals surface area contributed by atoms with Crippen molar-refractivity contribution in [3.8, 4) is 5.75 Å². The Bertz CT molecular complexity index is 1170. The molecule has 0 saturated heterocycles. The molecule has 2 atom stereocenters. The molecule has 0 fully saturated rings. The lowest BCUT2D eigenvalue weighted by Gasteiger charge is -2.39. The fourth-order valence-electron chi connectivity index (χ4n) is 4.75. The third-order valence-electron chi connectivity index (χ3n) is 6.19. The smallest absolute Gasteiger partial charge is 0.315 e. The summed E-state index contributed by atoms with van der Waals surface area (Å²) in [5.41, 5.74) is 2.36.